The molecule has 1 N–H and O–H groups in total. The molecule has 0 unspecified atom stereocenters. The first-order valence-electron chi connectivity index (χ1n) is 10.6. The van der Waals surface area contributed by atoms with E-state index in [0.717, 1.165) is 43.9 Å². The van der Waals surface area contributed by atoms with E-state index in [9.17, 15) is 4.79 Å². The highest BCUT2D eigenvalue weighted by Gasteiger charge is 2.25. The van der Waals surface area contributed by atoms with Gasteiger partial charge in [0.1, 0.15) is 5.82 Å². The molecule has 1 atom stereocenters. The number of carbonyl (C=O) groups excluding carboxylic acids is 1. The van der Waals surface area contributed by atoms with Gasteiger partial charge in [0.15, 0.2) is 0 Å². The molecule has 0 radical (unpaired) electrons. The fourth-order valence-corrected chi connectivity index (χ4v) is 4.42. The van der Waals surface area contributed by atoms with Crippen LogP contribution in [0.15, 0.2) is 24.3 Å². The van der Waals surface area contributed by atoms with E-state index >= 15 is 0 Å². The number of fused-ring (bicyclic) bond motifs is 2. The maximum Gasteiger partial charge on any atom is 0.237 e. The third kappa shape index (κ3) is 4.09. The van der Waals surface area contributed by atoms with Crippen LogP contribution in [0, 0.1) is 6.92 Å². The van der Waals surface area contributed by atoms with Crippen LogP contribution in [0.2, 0.25) is 0 Å². The number of hydrogen-bond acceptors (Lipinski definition) is 4. The Kier molecular flexibility index (Phi) is 5.72. The van der Waals surface area contributed by atoms with E-state index in [-0.39, 0.29) is 11.9 Å². The van der Waals surface area contributed by atoms with Crippen molar-refractivity contribution >= 4 is 5.91 Å². The lowest BCUT2D eigenvalue weighted by Crippen LogP contribution is -2.47. The normalized spacial score (nSPS) is 17.5. The molecular weight excluding hydrogens is 348 g/mol. The van der Waals surface area contributed by atoms with Gasteiger partial charge in [-0.2, -0.15) is 0 Å². The van der Waals surface area contributed by atoms with Crippen LogP contribution in [0.3, 0.4) is 0 Å². The average molecular weight is 379 g/mol. The number of aryl methyl sites for hydroxylation is 2. The number of hydrogen-bond donors (Lipinski definition) is 1. The van der Waals surface area contributed by atoms with Crippen LogP contribution in [0.4, 0.5) is 0 Å². The second-order valence-corrected chi connectivity index (χ2v) is 8.06. The Balaban J connectivity index is 1.31. The molecule has 0 bridgehead atoms. The van der Waals surface area contributed by atoms with Crippen LogP contribution in [0.1, 0.15) is 53.7 Å². The topological polar surface area (TPSA) is 58.1 Å². The van der Waals surface area contributed by atoms with E-state index < -0.39 is 0 Å². The molecule has 5 heteroatoms. The van der Waals surface area contributed by atoms with Crippen LogP contribution in [-0.4, -0.2) is 39.9 Å². The molecule has 0 saturated heterocycles. The van der Waals surface area contributed by atoms with Crippen molar-refractivity contribution in [2.24, 2.45) is 0 Å². The molecule has 1 amide bonds. The van der Waals surface area contributed by atoms with Crippen molar-refractivity contribution in [1.82, 2.24) is 20.2 Å². The first-order chi connectivity index (χ1) is 13.6. The summed E-state index contributed by atoms with van der Waals surface area (Å²) >= 11 is 0. The van der Waals surface area contributed by atoms with Crippen LogP contribution in [-0.2, 0) is 37.0 Å². The predicted molar refractivity (Wildman–Crippen MR) is 110 cm³/mol. The number of rotatable bonds is 5. The van der Waals surface area contributed by atoms with Crippen molar-refractivity contribution in [1.29, 1.82) is 0 Å². The molecule has 1 aromatic heterocycles. The van der Waals surface area contributed by atoms with E-state index in [2.05, 4.69) is 46.4 Å². The van der Waals surface area contributed by atoms with E-state index in [1.54, 1.807) is 0 Å². The number of amides is 1. The Hall–Kier alpha value is -2.27. The zero-order chi connectivity index (χ0) is 19.5. The van der Waals surface area contributed by atoms with Crippen molar-refractivity contribution in [3.8, 4) is 0 Å². The zero-order valence-corrected chi connectivity index (χ0v) is 17.0. The SMILES string of the molecule is Cc1nc(CCNC(=O)[C@@H](C)N2CCc3ccccc3C2)nc2c1CCCC2. The van der Waals surface area contributed by atoms with Crippen molar-refractivity contribution in [2.75, 3.05) is 13.1 Å². The van der Waals surface area contributed by atoms with Gasteiger partial charge in [0.05, 0.1) is 6.04 Å². The molecule has 2 aromatic rings. The first kappa shape index (κ1) is 19.1. The van der Waals surface area contributed by atoms with Crippen molar-refractivity contribution < 1.29 is 4.79 Å². The van der Waals surface area contributed by atoms with Gasteiger partial charge in [0.25, 0.3) is 0 Å². The Morgan fingerprint density at radius 1 is 1.14 bits per heavy atom. The fourth-order valence-electron chi connectivity index (χ4n) is 4.42. The molecule has 148 valence electrons. The number of aromatic nitrogens is 2. The summed E-state index contributed by atoms with van der Waals surface area (Å²) in [5, 5.41) is 3.09. The summed E-state index contributed by atoms with van der Waals surface area (Å²) in [4.78, 5) is 24.3. The second kappa shape index (κ2) is 8.39. The Labute approximate surface area is 167 Å². The Morgan fingerprint density at radius 2 is 1.93 bits per heavy atom. The van der Waals surface area contributed by atoms with Gasteiger partial charge in [0, 0.05) is 37.4 Å². The summed E-state index contributed by atoms with van der Waals surface area (Å²) < 4.78 is 0. The number of carbonyl (C=O) groups is 1. The fraction of sp³-hybridized carbons (Fsp3) is 0.522. The number of nitrogens with zero attached hydrogens (tertiary/aromatic N) is 3. The molecule has 2 aliphatic rings. The maximum absolute atomic E-state index is 12.7. The molecule has 1 aliphatic heterocycles. The Bertz CT molecular complexity index is 864. The third-order valence-electron chi connectivity index (χ3n) is 6.17. The highest BCUT2D eigenvalue weighted by molar-refractivity contribution is 5.81. The summed E-state index contributed by atoms with van der Waals surface area (Å²) in [5.41, 5.74) is 6.43. The monoisotopic (exact) mass is 378 g/mol. The van der Waals surface area contributed by atoms with Crippen molar-refractivity contribution in [3.05, 3.63) is 58.2 Å². The van der Waals surface area contributed by atoms with Crippen LogP contribution >= 0.6 is 0 Å². The van der Waals surface area contributed by atoms with E-state index in [1.165, 1.54) is 35.2 Å². The first-order valence-corrected chi connectivity index (χ1v) is 10.6. The zero-order valence-electron chi connectivity index (χ0n) is 17.0. The van der Waals surface area contributed by atoms with Gasteiger partial charge in [-0.15, -0.1) is 0 Å². The lowest BCUT2D eigenvalue weighted by atomic mass is 9.95. The van der Waals surface area contributed by atoms with Gasteiger partial charge in [-0.3, -0.25) is 9.69 Å². The molecule has 28 heavy (non-hydrogen) atoms. The van der Waals surface area contributed by atoms with Crippen LogP contribution < -0.4 is 5.32 Å². The average Bonchev–Trinajstić information content (AvgIpc) is 2.73. The summed E-state index contributed by atoms with van der Waals surface area (Å²) in [6.07, 6.45) is 6.33. The minimum atomic E-state index is -0.125. The van der Waals surface area contributed by atoms with Gasteiger partial charge >= 0.3 is 0 Å². The van der Waals surface area contributed by atoms with Crippen LogP contribution in [0.5, 0.6) is 0 Å². The molecule has 1 aliphatic carbocycles. The second-order valence-electron chi connectivity index (χ2n) is 8.06. The highest BCUT2D eigenvalue weighted by Crippen LogP contribution is 2.22. The molecular formula is C23H30N4O. The minimum absolute atomic E-state index is 0.0917. The summed E-state index contributed by atoms with van der Waals surface area (Å²) in [5.74, 6) is 0.951. The molecule has 4 rings (SSSR count). The maximum atomic E-state index is 12.7. The van der Waals surface area contributed by atoms with Gasteiger partial charge < -0.3 is 5.32 Å². The minimum Gasteiger partial charge on any atom is -0.354 e. The van der Waals surface area contributed by atoms with Gasteiger partial charge in [-0.05, 0) is 62.6 Å². The van der Waals surface area contributed by atoms with E-state index in [1.807, 2.05) is 6.92 Å². The lowest BCUT2D eigenvalue weighted by molar-refractivity contribution is -0.126. The third-order valence-corrected chi connectivity index (χ3v) is 6.17. The standard InChI is InChI=1S/C23H30N4O/c1-16-20-9-5-6-10-21(20)26-22(25-16)11-13-24-23(28)17(2)27-14-12-18-7-3-4-8-19(18)15-27/h3-4,7-8,17H,5-6,9-15H2,1-2H3,(H,24,28)/t17-/m1/s1. The summed E-state index contributed by atoms with van der Waals surface area (Å²) in [6.45, 7) is 6.45. The molecule has 2 heterocycles. The number of nitrogens with one attached hydrogen (secondary N) is 1. The quantitative estimate of drug-likeness (QED) is 0.869. The molecule has 0 spiro atoms. The highest BCUT2D eigenvalue weighted by atomic mass is 16.2. The predicted octanol–water partition coefficient (Wildman–Crippen LogP) is 2.77. The van der Waals surface area contributed by atoms with E-state index in [4.69, 9.17) is 4.98 Å². The molecule has 5 nitrogen and oxygen atoms in total. The Morgan fingerprint density at radius 3 is 2.79 bits per heavy atom. The smallest absolute Gasteiger partial charge is 0.237 e. The molecule has 0 saturated carbocycles. The van der Waals surface area contributed by atoms with Crippen molar-refractivity contribution in [2.45, 2.75) is 65.0 Å². The number of benzene rings is 1. The van der Waals surface area contributed by atoms with Gasteiger partial charge in [-0.1, -0.05) is 24.3 Å². The van der Waals surface area contributed by atoms with Crippen LogP contribution in [0.25, 0.3) is 0 Å². The summed E-state index contributed by atoms with van der Waals surface area (Å²) in [7, 11) is 0. The summed E-state index contributed by atoms with van der Waals surface area (Å²) in [6, 6.07) is 8.40. The molecule has 0 fully saturated rings. The largest absolute Gasteiger partial charge is 0.354 e. The lowest BCUT2D eigenvalue weighted by Gasteiger charge is -2.32. The molecule has 1 aromatic carbocycles. The van der Waals surface area contributed by atoms with Gasteiger partial charge in [-0.25, -0.2) is 9.97 Å². The van der Waals surface area contributed by atoms with E-state index in [0.29, 0.717) is 13.0 Å². The van der Waals surface area contributed by atoms with Crippen molar-refractivity contribution in [3.63, 3.8) is 0 Å². The van der Waals surface area contributed by atoms with Gasteiger partial charge in [0.2, 0.25) is 5.91 Å².